The minimum absolute atomic E-state index is 0.131. The van der Waals surface area contributed by atoms with Crippen molar-refractivity contribution in [2.45, 2.75) is 45.1 Å². The summed E-state index contributed by atoms with van der Waals surface area (Å²) in [6, 6.07) is -0.131. The Morgan fingerprint density at radius 2 is 1.88 bits per heavy atom. The normalized spacial score (nSPS) is 23.7. The van der Waals surface area contributed by atoms with Gasteiger partial charge in [0, 0.05) is 26.1 Å². The van der Waals surface area contributed by atoms with Crippen LogP contribution in [0.1, 0.15) is 39.0 Å². The summed E-state index contributed by atoms with van der Waals surface area (Å²) in [5, 5.41) is 7.80. The summed E-state index contributed by atoms with van der Waals surface area (Å²) in [7, 11) is 0. The van der Waals surface area contributed by atoms with Gasteiger partial charge in [0.2, 0.25) is 5.91 Å². The van der Waals surface area contributed by atoms with Crippen LogP contribution in [0.4, 0.5) is 0 Å². The molecule has 2 rings (SSSR count). The minimum Gasteiger partial charge on any atom is -0.349 e. The number of carbonyl (C=O) groups excluding carboxylic acids is 1. The van der Waals surface area contributed by atoms with Crippen molar-refractivity contribution >= 4 is 11.7 Å². The van der Waals surface area contributed by atoms with Gasteiger partial charge in [-0.05, 0) is 32.6 Å². The van der Waals surface area contributed by atoms with Gasteiger partial charge in [-0.15, -0.1) is 0 Å². The molecule has 2 heterocycles. The number of hydrogen-bond donors (Lipinski definition) is 1. The molecule has 16 heavy (non-hydrogen) atoms. The Morgan fingerprint density at radius 3 is 2.44 bits per heavy atom. The van der Waals surface area contributed by atoms with E-state index >= 15 is 0 Å². The van der Waals surface area contributed by atoms with Crippen LogP contribution in [0.3, 0.4) is 0 Å². The van der Waals surface area contributed by atoms with Crippen molar-refractivity contribution in [1.82, 2.24) is 9.80 Å². The molecule has 90 valence electrons. The van der Waals surface area contributed by atoms with Crippen molar-refractivity contribution < 1.29 is 4.79 Å². The molecule has 1 unspecified atom stereocenters. The van der Waals surface area contributed by atoms with Crippen molar-refractivity contribution in [2.75, 3.05) is 19.6 Å². The molecule has 0 radical (unpaired) electrons. The first kappa shape index (κ1) is 11.4. The molecule has 2 aliphatic heterocycles. The van der Waals surface area contributed by atoms with Crippen LogP contribution >= 0.6 is 0 Å². The minimum atomic E-state index is -0.131. The number of amidine groups is 1. The first-order valence-electron chi connectivity index (χ1n) is 6.33. The van der Waals surface area contributed by atoms with Gasteiger partial charge in [-0.3, -0.25) is 10.2 Å². The van der Waals surface area contributed by atoms with Gasteiger partial charge >= 0.3 is 0 Å². The van der Waals surface area contributed by atoms with E-state index in [0.29, 0.717) is 5.84 Å². The number of rotatable bonds is 2. The van der Waals surface area contributed by atoms with Gasteiger partial charge in [0.1, 0.15) is 6.04 Å². The largest absolute Gasteiger partial charge is 0.349 e. The Bertz CT molecular complexity index is 284. The Kier molecular flexibility index (Phi) is 3.46. The molecule has 4 heteroatoms. The van der Waals surface area contributed by atoms with E-state index in [-0.39, 0.29) is 11.9 Å². The molecule has 0 spiro atoms. The summed E-state index contributed by atoms with van der Waals surface area (Å²) in [5.41, 5.74) is 0. The highest BCUT2D eigenvalue weighted by molar-refractivity contribution is 5.89. The molecule has 1 atom stereocenters. The van der Waals surface area contributed by atoms with E-state index in [2.05, 4.69) is 0 Å². The fourth-order valence-corrected chi connectivity index (χ4v) is 2.63. The van der Waals surface area contributed by atoms with Gasteiger partial charge in [-0.25, -0.2) is 0 Å². The van der Waals surface area contributed by atoms with Gasteiger partial charge in [0.15, 0.2) is 0 Å². The molecule has 0 bridgehead atoms. The van der Waals surface area contributed by atoms with E-state index in [4.69, 9.17) is 5.41 Å². The van der Waals surface area contributed by atoms with Crippen LogP contribution < -0.4 is 0 Å². The number of amides is 1. The second-order valence-electron chi connectivity index (χ2n) is 4.81. The second-order valence-corrected chi connectivity index (χ2v) is 4.81. The lowest BCUT2D eigenvalue weighted by Gasteiger charge is -2.33. The lowest BCUT2D eigenvalue weighted by atomic mass is 10.1. The van der Waals surface area contributed by atoms with Crippen LogP contribution in [0, 0.1) is 5.41 Å². The third kappa shape index (κ3) is 2.20. The van der Waals surface area contributed by atoms with Gasteiger partial charge < -0.3 is 9.80 Å². The summed E-state index contributed by atoms with van der Waals surface area (Å²) < 4.78 is 0. The van der Waals surface area contributed by atoms with Gasteiger partial charge in [-0.1, -0.05) is 0 Å². The number of likely N-dealkylation sites (tertiary alicyclic amines) is 2. The molecular weight excluding hydrogens is 202 g/mol. The summed E-state index contributed by atoms with van der Waals surface area (Å²) in [6.07, 6.45) is 5.37. The molecule has 0 aromatic carbocycles. The maximum atomic E-state index is 12.2. The van der Waals surface area contributed by atoms with Crippen molar-refractivity contribution in [1.29, 1.82) is 5.41 Å². The zero-order valence-corrected chi connectivity index (χ0v) is 10.0. The van der Waals surface area contributed by atoms with E-state index in [9.17, 15) is 4.79 Å². The molecule has 2 fully saturated rings. The molecule has 0 saturated carbocycles. The molecule has 0 aliphatic carbocycles. The third-order valence-electron chi connectivity index (χ3n) is 3.65. The lowest BCUT2D eigenvalue weighted by Crippen LogP contribution is -2.48. The number of nitrogens with zero attached hydrogens (tertiary/aromatic N) is 2. The standard InChI is InChI=1S/C12H21N3O/c1-10(15-9-5-6-11(15)13)12(16)14-7-3-2-4-8-14/h10,13H,2-9H2,1H3. The van der Waals surface area contributed by atoms with Crippen LogP contribution in [-0.4, -0.2) is 47.2 Å². The zero-order valence-electron chi connectivity index (χ0n) is 10.0. The first-order chi connectivity index (χ1) is 7.70. The maximum Gasteiger partial charge on any atom is 0.245 e. The number of hydrogen-bond acceptors (Lipinski definition) is 2. The SMILES string of the molecule is CC(C(=O)N1CCCCC1)N1CCCC1=N. The molecule has 1 amide bonds. The Morgan fingerprint density at radius 1 is 1.19 bits per heavy atom. The van der Waals surface area contributed by atoms with Gasteiger partial charge in [-0.2, -0.15) is 0 Å². The van der Waals surface area contributed by atoms with Crippen molar-refractivity contribution in [3.05, 3.63) is 0 Å². The monoisotopic (exact) mass is 223 g/mol. The summed E-state index contributed by atoms with van der Waals surface area (Å²) in [6.45, 7) is 4.63. The Labute approximate surface area is 97.1 Å². The molecule has 4 nitrogen and oxygen atoms in total. The molecule has 2 saturated heterocycles. The van der Waals surface area contributed by atoms with E-state index in [1.54, 1.807) is 0 Å². The summed E-state index contributed by atoms with van der Waals surface area (Å²) in [4.78, 5) is 16.1. The van der Waals surface area contributed by atoms with E-state index in [1.165, 1.54) is 6.42 Å². The summed E-state index contributed by atoms with van der Waals surface area (Å²) >= 11 is 0. The Hall–Kier alpha value is -1.06. The van der Waals surface area contributed by atoms with Crippen molar-refractivity contribution in [3.63, 3.8) is 0 Å². The molecule has 2 aliphatic rings. The highest BCUT2D eigenvalue weighted by Gasteiger charge is 2.30. The highest BCUT2D eigenvalue weighted by Crippen LogP contribution is 2.17. The second kappa shape index (κ2) is 4.85. The van der Waals surface area contributed by atoms with Crippen LogP contribution in [0.5, 0.6) is 0 Å². The topological polar surface area (TPSA) is 47.4 Å². The van der Waals surface area contributed by atoms with Crippen molar-refractivity contribution in [3.8, 4) is 0 Å². The average molecular weight is 223 g/mol. The van der Waals surface area contributed by atoms with Crippen LogP contribution in [0.15, 0.2) is 0 Å². The average Bonchev–Trinajstić information content (AvgIpc) is 2.75. The fraction of sp³-hybridized carbons (Fsp3) is 0.833. The number of piperidine rings is 1. The number of carbonyl (C=O) groups is 1. The van der Waals surface area contributed by atoms with Gasteiger partial charge in [0.25, 0.3) is 0 Å². The predicted octanol–water partition coefficient (Wildman–Crippen LogP) is 1.46. The Balaban J connectivity index is 1.95. The van der Waals surface area contributed by atoms with E-state index in [1.807, 2.05) is 16.7 Å². The van der Waals surface area contributed by atoms with E-state index in [0.717, 1.165) is 45.3 Å². The molecule has 1 N–H and O–H groups in total. The smallest absolute Gasteiger partial charge is 0.245 e. The quantitative estimate of drug-likeness (QED) is 0.770. The highest BCUT2D eigenvalue weighted by atomic mass is 16.2. The van der Waals surface area contributed by atoms with Crippen LogP contribution in [0.2, 0.25) is 0 Å². The zero-order chi connectivity index (χ0) is 11.5. The van der Waals surface area contributed by atoms with E-state index < -0.39 is 0 Å². The lowest BCUT2D eigenvalue weighted by molar-refractivity contribution is -0.135. The predicted molar refractivity (Wildman–Crippen MR) is 63.6 cm³/mol. The maximum absolute atomic E-state index is 12.2. The first-order valence-corrected chi connectivity index (χ1v) is 6.33. The molecule has 0 aromatic rings. The fourth-order valence-electron chi connectivity index (χ4n) is 2.63. The van der Waals surface area contributed by atoms with Gasteiger partial charge in [0.05, 0.1) is 5.84 Å². The molecule has 0 aromatic heterocycles. The third-order valence-corrected chi connectivity index (χ3v) is 3.65. The van der Waals surface area contributed by atoms with Crippen molar-refractivity contribution in [2.24, 2.45) is 0 Å². The molecular formula is C12H21N3O. The number of nitrogens with one attached hydrogen (secondary N) is 1. The van der Waals surface area contributed by atoms with Crippen LogP contribution in [0.25, 0.3) is 0 Å². The van der Waals surface area contributed by atoms with Crippen LogP contribution in [-0.2, 0) is 4.79 Å². The summed E-state index contributed by atoms with van der Waals surface area (Å²) in [5.74, 6) is 0.851.